The Bertz CT molecular complexity index is 789. The van der Waals surface area contributed by atoms with Gasteiger partial charge in [0.25, 0.3) is 5.91 Å². The number of carbonyl (C=O) groups excluding carboxylic acids is 1. The average molecular weight is 339 g/mol. The highest BCUT2D eigenvalue weighted by Gasteiger charge is 2.24. The maximum atomic E-state index is 12.5. The number of aromatic nitrogens is 1. The molecule has 3 rings (SSSR count). The number of benzene rings is 1. The van der Waals surface area contributed by atoms with Crippen molar-refractivity contribution in [3.63, 3.8) is 0 Å². The molecule has 1 atom stereocenters. The zero-order chi connectivity index (χ0) is 17.8. The van der Waals surface area contributed by atoms with E-state index in [0.29, 0.717) is 12.1 Å². The van der Waals surface area contributed by atoms with Gasteiger partial charge in [-0.1, -0.05) is 29.8 Å². The second-order valence-electron chi connectivity index (χ2n) is 6.75. The van der Waals surface area contributed by atoms with E-state index in [0.717, 1.165) is 13.1 Å². The van der Waals surface area contributed by atoms with Crippen molar-refractivity contribution >= 4 is 5.91 Å². The monoisotopic (exact) mass is 339 g/mol. The smallest absolute Gasteiger partial charge is 0.252 e. The fourth-order valence-corrected chi connectivity index (χ4v) is 3.32. The van der Waals surface area contributed by atoms with Crippen molar-refractivity contribution in [2.75, 3.05) is 19.6 Å². The maximum absolute atomic E-state index is 12.5. The SMILES string of the molecule is Cc1ccc(C(CNC(=O)c2ccc(=O)n(C)c2)N2CCCC2)cc1. The predicted molar refractivity (Wildman–Crippen MR) is 98.7 cm³/mol. The van der Waals surface area contributed by atoms with Gasteiger partial charge in [0.1, 0.15) is 0 Å². The van der Waals surface area contributed by atoms with Crippen molar-refractivity contribution in [2.45, 2.75) is 25.8 Å². The van der Waals surface area contributed by atoms with Gasteiger partial charge in [0.15, 0.2) is 0 Å². The predicted octanol–water partition coefficient (Wildman–Crippen LogP) is 2.26. The first-order chi connectivity index (χ1) is 12.0. The Labute approximate surface area is 148 Å². The molecule has 0 radical (unpaired) electrons. The van der Waals surface area contributed by atoms with Crippen molar-refractivity contribution in [3.05, 3.63) is 69.6 Å². The van der Waals surface area contributed by atoms with E-state index >= 15 is 0 Å². The van der Waals surface area contributed by atoms with Crippen LogP contribution in [0.2, 0.25) is 0 Å². The van der Waals surface area contributed by atoms with Crippen molar-refractivity contribution < 1.29 is 4.79 Å². The molecule has 1 N–H and O–H groups in total. The minimum absolute atomic E-state index is 0.119. The second-order valence-corrected chi connectivity index (χ2v) is 6.75. The van der Waals surface area contributed by atoms with Crippen molar-refractivity contribution in [2.24, 2.45) is 7.05 Å². The Morgan fingerprint density at radius 2 is 1.80 bits per heavy atom. The minimum atomic E-state index is -0.146. The Kier molecular flexibility index (Phi) is 5.34. The van der Waals surface area contributed by atoms with Gasteiger partial charge in [0, 0.05) is 25.9 Å². The molecule has 132 valence electrons. The summed E-state index contributed by atoms with van der Waals surface area (Å²) in [5.74, 6) is -0.146. The molecule has 5 nitrogen and oxygen atoms in total. The summed E-state index contributed by atoms with van der Waals surface area (Å²) in [4.78, 5) is 26.4. The highest BCUT2D eigenvalue weighted by molar-refractivity contribution is 5.93. The van der Waals surface area contributed by atoms with Crippen molar-refractivity contribution in [3.8, 4) is 0 Å². The van der Waals surface area contributed by atoms with Crippen LogP contribution in [0.5, 0.6) is 0 Å². The maximum Gasteiger partial charge on any atom is 0.252 e. The summed E-state index contributed by atoms with van der Waals surface area (Å²) in [6.07, 6.45) is 3.99. The Hall–Kier alpha value is -2.40. The van der Waals surface area contributed by atoms with E-state index in [-0.39, 0.29) is 17.5 Å². The van der Waals surface area contributed by atoms with Crippen LogP contribution in [-0.4, -0.2) is 35.0 Å². The fourth-order valence-electron chi connectivity index (χ4n) is 3.32. The van der Waals surface area contributed by atoms with Crippen LogP contribution in [0.4, 0.5) is 0 Å². The summed E-state index contributed by atoms with van der Waals surface area (Å²) in [6, 6.07) is 11.7. The molecule has 1 aliphatic heterocycles. The zero-order valence-electron chi connectivity index (χ0n) is 14.9. The first-order valence-corrected chi connectivity index (χ1v) is 8.80. The lowest BCUT2D eigenvalue weighted by Crippen LogP contribution is -2.37. The van der Waals surface area contributed by atoms with Gasteiger partial charge in [-0.15, -0.1) is 0 Å². The third-order valence-electron chi connectivity index (χ3n) is 4.85. The van der Waals surface area contributed by atoms with Crippen molar-refractivity contribution in [1.82, 2.24) is 14.8 Å². The van der Waals surface area contributed by atoms with Crippen LogP contribution in [0.3, 0.4) is 0 Å². The van der Waals surface area contributed by atoms with Crippen LogP contribution in [-0.2, 0) is 7.05 Å². The van der Waals surface area contributed by atoms with Gasteiger partial charge in [-0.25, -0.2) is 0 Å². The molecule has 0 saturated carbocycles. The van der Waals surface area contributed by atoms with Crippen LogP contribution < -0.4 is 10.9 Å². The van der Waals surface area contributed by atoms with Gasteiger partial charge in [0.2, 0.25) is 5.56 Å². The summed E-state index contributed by atoms with van der Waals surface area (Å²) in [6.45, 7) is 4.77. The van der Waals surface area contributed by atoms with E-state index < -0.39 is 0 Å². The number of pyridine rings is 1. The summed E-state index contributed by atoms with van der Waals surface area (Å²) >= 11 is 0. The molecule has 1 aromatic carbocycles. The van der Waals surface area contributed by atoms with Crippen LogP contribution in [0.25, 0.3) is 0 Å². The van der Waals surface area contributed by atoms with Gasteiger partial charge >= 0.3 is 0 Å². The molecule has 5 heteroatoms. The number of aryl methyl sites for hydroxylation is 2. The van der Waals surface area contributed by atoms with Gasteiger partial charge in [-0.2, -0.15) is 0 Å². The summed E-state index contributed by atoms with van der Waals surface area (Å²) in [7, 11) is 1.65. The zero-order valence-corrected chi connectivity index (χ0v) is 14.9. The normalized spacial score (nSPS) is 15.9. The number of hydrogen-bond donors (Lipinski definition) is 1. The number of rotatable bonds is 5. The molecule has 1 aliphatic rings. The van der Waals surface area contributed by atoms with Gasteiger partial charge < -0.3 is 9.88 Å². The molecule has 0 aliphatic carbocycles. The molecule has 25 heavy (non-hydrogen) atoms. The fraction of sp³-hybridized carbons (Fsp3) is 0.400. The first-order valence-electron chi connectivity index (χ1n) is 8.80. The Balaban J connectivity index is 1.73. The highest BCUT2D eigenvalue weighted by atomic mass is 16.2. The summed E-state index contributed by atoms with van der Waals surface area (Å²) < 4.78 is 1.42. The number of nitrogens with zero attached hydrogens (tertiary/aromatic N) is 2. The largest absolute Gasteiger partial charge is 0.350 e. The van der Waals surface area contributed by atoms with E-state index in [1.54, 1.807) is 19.3 Å². The minimum Gasteiger partial charge on any atom is -0.350 e. The number of amides is 1. The molecule has 1 aromatic heterocycles. The third-order valence-corrected chi connectivity index (χ3v) is 4.85. The van der Waals surface area contributed by atoms with E-state index in [1.165, 1.54) is 34.6 Å². The Morgan fingerprint density at radius 1 is 1.12 bits per heavy atom. The number of hydrogen-bond acceptors (Lipinski definition) is 3. The van der Waals surface area contributed by atoms with E-state index in [1.807, 2.05) is 0 Å². The van der Waals surface area contributed by atoms with E-state index in [2.05, 4.69) is 41.4 Å². The summed E-state index contributed by atoms with van der Waals surface area (Å²) in [5, 5.41) is 3.04. The molecule has 1 amide bonds. The van der Waals surface area contributed by atoms with E-state index in [4.69, 9.17) is 0 Å². The topological polar surface area (TPSA) is 54.3 Å². The second kappa shape index (κ2) is 7.66. The molecule has 1 fully saturated rings. The lowest BCUT2D eigenvalue weighted by Gasteiger charge is -2.28. The van der Waals surface area contributed by atoms with Gasteiger partial charge in [-0.3, -0.25) is 14.5 Å². The molecular formula is C20H25N3O2. The third kappa shape index (κ3) is 4.17. The standard InChI is InChI=1S/C20H25N3O2/c1-15-5-7-16(8-6-15)18(23-11-3-4-12-23)13-21-20(25)17-9-10-19(24)22(2)14-17/h5-10,14,18H,3-4,11-13H2,1-2H3,(H,21,25). The lowest BCUT2D eigenvalue weighted by atomic mass is 10.0. The summed E-state index contributed by atoms with van der Waals surface area (Å²) in [5.41, 5.74) is 2.85. The number of carbonyl (C=O) groups is 1. The quantitative estimate of drug-likeness (QED) is 0.909. The number of nitrogens with one attached hydrogen (secondary N) is 1. The molecular weight excluding hydrogens is 314 g/mol. The van der Waals surface area contributed by atoms with Crippen LogP contribution in [0.1, 0.15) is 40.4 Å². The number of likely N-dealkylation sites (tertiary alicyclic amines) is 1. The first kappa shape index (κ1) is 17.4. The molecule has 1 saturated heterocycles. The van der Waals surface area contributed by atoms with Gasteiger partial charge in [-0.05, 0) is 44.5 Å². The molecule has 2 aromatic rings. The highest BCUT2D eigenvalue weighted by Crippen LogP contribution is 2.25. The van der Waals surface area contributed by atoms with E-state index in [9.17, 15) is 9.59 Å². The van der Waals surface area contributed by atoms with Crippen LogP contribution in [0.15, 0.2) is 47.4 Å². The average Bonchev–Trinajstić information content (AvgIpc) is 3.13. The van der Waals surface area contributed by atoms with Crippen LogP contribution in [0, 0.1) is 6.92 Å². The van der Waals surface area contributed by atoms with Crippen molar-refractivity contribution in [1.29, 1.82) is 0 Å². The van der Waals surface area contributed by atoms with Crippen LogP contribution >= 0.6 is 0 Å². The molecule has 0 bridgehead atoms. The Morgan fingerprint density at radius 3 is 2.44 bits per heavy atom. The molecule has 2 heterocycles. The lowest BCUT2D eigenvalue weighted by molar-refractivity contribution is 0.0937. The van der Waals surface area contributed by atoms with Gasteiger partial charge in [0.05, 0.1) is 11.6 Å². The molecule has 1 unspecified atom stereocenters. The molecule has 0 spiro atoms.